The molecule has 144 valence electrons. The van der Waals surface area contributed by atoms with Gasteiger partial charge < -0.3 is 14.2 Å². The van der Waals surface area contributed by atoms with E-state index in [1.165, 1.54) is 7.11 Å². The minimum Gasteiger partial charge on any atom is -0.497 e. The zero-order valence-corrected chi connectivity index (χ0v) is 15.7. The summed E-state index contributed by atoms with van der Waals surface area (Å²) in [7, 11) is 3.08. The van der Waals surface area contributed by atoms with Crippen LogP contribution in [0.2, 0.25) is 0 Å². The summed E-state index contributed by atoms with van der Waals surface area (Å²) in [6.45, 7) is 2.56. The van der Waals surface area contributed by atoms with E-state index in [0.717, 1.165) is 12.0 Å². The zero-order chi connectivity index (χ0) is 19.6. The fourth-order valence-electron chi connectivity index (χ4n) is 2.31. The van der Waals surface area contributed by atoms with Gasteiger partial charge in [-0.1, -0.05) is 19.1 Å². The quantitative estimate of drug-likeness (QED) is 0.696. The third-order valence-electron chi connectivity index (χ3n) is 3.73. The van der Waals surface area contributed by atoms with Gasteiger partial charge in [-0.25, -0.2) is 0 Å². The van der Waals surface area contributed by atoms with Crippen molar-refractivity contribution < 1.29 is 23.8 Å². The molecule has 2 aromatic rings. The highest BCUT2D eigenvalue weighted by Gasteiger charge is 2.12. The third-order valence-corrected chi connectivity index (χ3v) is 3.73. The van der Waals surface area contributed by atoms with Crippen molar-refractivity contribution in [3.8, 4) is 17.2 Å². The van der Waals surface area contributed by atoms with Crippen LogP contribution in [0.5, 0.6) is 17.2 Å². The SMILES string of the molecule is CCCOc1ccc(C(=O)NNC(=O)Cc2ccc(OC)cc2)cc1OC. The molecular weight excluding hydrogens is 348 g/mol. The number of nitrogens with one attached hydrogen (secondary N) is 2. The lowest BCUT2D eigenvalue weighted by Gasteiger charge is -2.12. The second kappa shape index (κ2) is 10.1. The molecule has 7 heteroatoms. The Balaban J connectivity index is 1.91. The normalized spacial score (nSPS) is 10.0. The minimum absolute atomic E-state index is 0.136. The van der Waals surface area contributed by atoms with Gasteiger partial charge in [-0.2, -0.15) is 0 Å². The lowest BCUT2D eigenvalue weighted by atomic mass is 10.1. The Bertz CT molecular complexity index is 774. The van der Waals surface area contributed by atoms with E-state index < -0.39 is 5.91 Å². The number of benzene rings is 2. The van der Waals surface area contributed by atoms with Crippen molar-refractivity contribution >= 4 is 11.8 Å². The summed E-state index contributed by atoms with van der Waals surface area (Å²) in [4.78, 5) is 24.2. The third kappa shape index (κ3) is 5.91. The molecule has 0 saturated carbocycles. The van der Waals surface area contributed by atoms with E-state index in [2.05, 4.69) is 10.9 Å². The van der Waals surface area contributed by atoms with Gasteiger partial charge in [0.2, 0.25) is 5.91 Å². The topological polar surface area (TPSA) is 85.9 Å². The Hall–Kier alpha value is -3.22. The minimum atomic E-state index is -0.446. The molecule has 0 aliphatic heterocycles. The van der Waals surface area contributed by atoms with Gasteiger partial charge in [0.05, 0.1) is 27.2 Å². The fourth-order valence-corrected chi connectivity index (χ4v) is 2.31. The average molecular weight is 372 g/mol. The standard InChI is InChI=1S/C20H24N2O5/c1-4-11-27-17-10-7-15(13-18(17)26-3)20(24)22-21-19(23)12-14-5-8-16(25-2)9-6-14/h5-10,13H,4,11-12H2,1-3H3,(H,21,23)(H,22,24). The zero-order valence-electron chi connectivity index (χ0n) is 15.7. The molecule has 2 rings (SSSR count). The van der Waals surface area contributed by atoms with E-state index in [9.17, 15) is 9.59 Å². The molecule has 0 radical (unpaired) electrons. The van der Waals surface area contributed by atoms with Crippen LogP contribution in [0.15, 0.2) is 42.5 Å². The predicted octanol–water partition coefficient (Wildman–Crippen LogP) is 2.50. The molecular formula is C20H24N2O5. The molecule has 27 heavy (non-hydrogen) atoms. The van der Waals surface area contributed by atoms with Gasteiger partial charge in [0.25, 0.3) is 5.91 Å². The van der Waals surface area contributed by atoms with Crippen LogP contribution >= 0.6 is 0 Å². The van der Waals surface area contributed by atoms with Crippen molar-refractivity contribution in [1.82, 2.24) is 10.9 Å². The Morgan fingerprint density at radius 2 is 1.67 bits per heavy atom. The Kier molecular flexibility index (Phi) is 7.49. The van der Waals surface area contributed by atoms with Crippen molar-refractivity contribution in [3.05, 3.63) is 53.6 Å². The lowest BCUT2D eigenvalue weighted by molar-refractivity contribution is -0.121. The number of hydrazine groups is 1. The molecule has 0 spiro atoms. The molecule has 7 nitrogen and oxygen atoms in total. The summed E-state index contributed by atoms with van der Waals surface area (Å²) in [6.07, 6.45) is 1.00. The van der Waals surface area contributed by atoms with Crippen LogP contribution in [-0.2, 0) is 11.2 Å². The second-order valence-electron chi connectivity index (χ2n) is 5.74. The van der Waals surface area contributed by atoms with Gasteiger partial charge in [-0.15, -0.1) is 0 Å². The van der Waals surface area contributed by atoms with Crippen molar-refractivity contribution in [2.24, 2.45) is 0 Å². The summed E-state index contributed by atoms with van der Waals surface area (Å²) < 4.78 is 15.9. The first-order chi connectivity index (χ1) is 13.1. The lowest BCUT2D eigenvalue weighted by Crippen LogP contribution is -2.42. The van der Waals surface area contributed by atoms with Crippen LogP contribution in [0.1, 0.15) is 29.3 Å². The number of carbonyl (C=O) groups excluding carboxylic acids is 2. The molecule has 0 aromatic heterocycles. The molecule has 2 amide bonds. The molecule has 2 N–H and O–H groups in total. The predicted molar refractivity (Wildman–Crippen MR) is 101 cm³/mol. The van der Waals surface area contributed by atoms with E-state index in [1.54, 1.807) is 49.6 Å². The summed E-state index contributed by atoms with van der Waals surface area (Å²) in [5, 5.41) is 0. The van der Waals surface area contributed by atoms with Gasteiger partial charge in [-0.3, -0.25) is 20.4 Å². The molecule has 0 atom stereocenters. The first-order valence-electron chi connectivity index (χ1n) is 8.60. The van der Waals surface area contributed by atoms with Gasteiger partial charge >= 0.3 is 0 Å². The summed E-state index contributed by atoms with van der Waals surface area (Å²) in [5.74, 6) is 0.967. The first-order valence-corrected chi connectivity index (χ1v) is 8.60. The van der Waals surface area contributed by atoms with Crippen LogP contribution in [0, 0.1) is 0 Å². The number of amides is 2. The molecule has 2 aromatic carbocycles. The number of hydrogen-bond acceptors (Lipinski definition) is 5. The van der Waals surface area contributed by atoms with Crippen LogP contribution in [0.25, 0.3) is 0 Å². The van der Waals surface area contributed by atoms with E-state index in [4.69, 9.17) is 14.2 Å². The molecule has 0 saturated heterocycles. The van der Waals surface area contributed by atoms with E-state index in [0.29, 0.717) is 29.4 Å². The van der Waals surface area contributed by atoms with Crippen molar-refractivity contribution in [1.29, 1.82) is 0 Å². The number of carbonyl (C=O) groups is 2. The van der Waals surface area contributed by atoms with Crippen LogP contribution < -0.4 is 25.1 Å². The maximum atomic E-state index is 12.2. The summed E-state index contributed by atoms with van der Waals surface area (Å²) in [5.41, 5.74) is 5.95. The van der Waals surface area contributed by atoms with Gasteiger partial charge in [0.15, 0.2) is 11.5 Å². The Morgan fingerprint density at radius 3 is 2.30 bits per heavy atom. The Labute approximate surface area is 158 Å². The molecule has 0 bridgehead atoms. The van der Waals surface area contributed by atoms with E-state index in [1.807, 2.05) is 6.92 Å². The highest BCUT2D eigenvalue weighted by atomic mass is 16.5. The maximum Gasteiger partial charge on any atom is 0.269 e. The highest BCUT2D eigenvalue weighted by molar-refractivity contribution is 5.96. The largest absolute Gasteiger partial charge is 0.497 e. The van der Waals surface area contributed by atoms with Gasteiger partial charge in [0.1, 0.15) is 5.75 Å². The highest BCUT2D eigenvalue weighted by Crippen LogP contribution is 2.28. The fraction of sp³-hybridized carbons (Fsp3) is 0.300. The van der Waals surface area contributed by atoms with Crippen molar-refractivity contribution in [2.45, 2.75) is 19.8 Å². The van der Waals surface area contributed by atoms with Crippen LogP contribution in [0.4, 0.5) is 0 Å². The number of rotatable bonds is 8. The number of methoxy groups -OCH3 is 2. The molecule has 0 unspecified atom stereocenters. The monoisotopic (exact) mass is 372 g/mol. The first kappa shape index (κ1) is 20.1. The number of hydrogen-bond donors (Lipinski definition) is 2. The molecule has 0 fully saturated rings. The smallest absolute Gasteiger partial charge is 0.269 e. The van der Waals surface area contributed by atoms with E-state index >= 15 is 0 Å². The Morgan fingerprint density at radius 1 is 0.926 bits per heavy atom. The summed E-state index contributed by atoms with van der Waals surface area (Å²) in [6, 6.07) is 12.0. The maximum absolute atomic E-state index is 12.2. The molecule has 0 aliphatic rings. The average Bonchev–Trinajstić information content (AvgIpc) is 2.70. The van der Waals surface area contributed by atoms with Gasteiger partial charge in [-0.05, 0) is 42.3 Å². The van der Waals surface area contributed by atoms with Gasteiger partial charge in [0, 0.05) is 5.56 Å². The van der Waals surface area contributed by atoms with Crippen molar-refractivity contribution in [3.63, 3.8) is 0 Å². The van der Waals surface area contributed by atoms with Crippen LogP contribution in [-0.4, -0.2) is 32.6 Å². The number of ether oxygens (including phenoxy) is 3. The van der Waals surface area contributed by atoms with Crippen molar-refractivity contribution in [2.75, 3.05) is 20.8 Å². The van der Waals surface area contributed by atoms with Crippen LogP contribution in [0.3, 0.4) is 0 Å². The van der Waals surface area contributed by atoms with E-state index in [-0.39, 0.29) is 12.3 Å². The second-order valence-corrected chi connectivity index (χ2v) is 5.74. The molecule has 0 heterocycles. The molecule has 0 aliphatic carbocycles. The summed E-state index contributed by atoms with van der Waals surface area (Å²) >= 11 is 0.